The van der Waals surface area contributed by atoms with Gasteiger partial charge in [0.05, 0.1) is 17.1 Å². The number of fused-ring (bicyclic) bond motifs is 1. The summed E-state index contributed by atoms with van der Waals surface area (Å²) in [5.41, 5.74) is 0.900. The summed E-state index contributed by atoms with van der Waals surface area (Å²) in [5, 5.41) is 3.65. The number of hydrogen-bond acceptors (Lipinski definition) is 5. The molecule has 0 saturated carbocycles. The Balaban J connectivity index is 2.16. The van der Waals surface area contributed by atoms with Crippen LogP contribution in [0.1, 0.15) is 5.82 Å². The number of nitrogens with one attached hydrogen (secondary N) is 2. The molecule has 0 amide bonds. The minimum absolute atomic E-state index is 0.201. The Labute approximate surface area is 110 Å². The first kappa shape index (κ1) is 12.5. The van der Waals surface area contributed by atoms with Crippen LogP contribution < -0.4 is 16.3 Å². The Kier molecular flexibility index (Phi) is 2.99. The molecule has 0 unspecified atom stereocenters. The second-order valence-corrected chi connectivity index (χ2v) is 7.93. The van der Waals surface area contributed by atoms with Gasteiger partial charge in [-0.1, -0.05) is 0 Å². The molecule has 1 fully saturated rings. The first-order chi connectivity index (χ1) is 9.08. The average Bonchev–Trinajstić information content (AvgIpc) is 2.39. The van der Waals surface area contributed by atoms with Gasteiger partial charge in [0, 0.05) is 25.4 Å². The standard InChI is InChI=1S/C12H15N4O2P/c1-8-15-10-7-14-11(6-9(10)12(17)16-8)19(18)4-2-13-3-5-19/h6-7,13H,2-5H2,1H3,(H,15,16,17). The summed E-state index contributed by atoms with van der Waals surface area (Å²) in [6.45, 7) is 3.20. The van der Waals surface area contributed by atoms with E-state index in [1.54, 1.807) is 19.2 Å². The summed E-state index contributed by atoms with van der Waals surface area (Å²) in [7, 11) is -2.46. The fraction of sp³-hybridized carbons (Fsp3) is 0.417. The Morgan fingerprint density at radius 3 is 2.79 bits per heavy atom. The van der Waals surface area contributed by atoms with Crippen molar-refractivity contribution in [2.45, 2.75) is 6.92 Å². The largest absolute Gasteiger partial charge is 0.317 e. The Morgan fingerprint density at radius 1 is 1.32 bits per heavy atom. The SMILES string of the molecule is Cc1nc2cnc(P3(=O)CCNCC3)cc2c(=O)[nH]1. The summed E-state index contributed by atoms with van der Waals surface area (Å²) in [5.74, 6) is 0.556. The molecule has 2 aromatic rings. The highest BCUT2D eigenvalue weighted by atomic mass is 31.2. The van der Waals surface area contributed by atoms with Crippen molar-refractivity contribution in [2.75, 3.05) is 25.4 Å². The molecule has 0 bridgehead atoms. The van der Waals surface area contributed by atoms with E-state index in [9.17, 15) is 9.36 Å². The lowest BCUT2D eigenvalue weighted by Gasteiger charge is -2.23. The van der Waals surface area contributed by atoms with Crippen LogP contribution in [-0.2, 0) is 4.57 Å². The molecule has 100 valence electrons. The molecule has 1 saturated heterocycles. The summed E-state index contributed by atoms with van der Waals surface area (Å²) >= 11 is 0. The van der Waals surface area contributed by atoms with E-state index in [-0.39, 0.29) is 5.56 Å². The van der Waals surface area contributed by atoms with Crippen LogP contribution >= 0.6 is 7.14 Å². The summed E-state index contributed by atoms with van der Waals surface area (Å²) in [4.78, 5) is 23.1. The molecule has 0 aliphatic carbocycles. The van der Waals surface area contributed by atoms with E-state index in [1.165, 1.54) is 0 Å². The molecule has 19 heavy (non-hydrogen) atoms. The van der Waals surface area contributed by atoms with Crippen LogP contribution in [0.25, 0.3) is 10.9 Å². The van der Waals surface area contributed by atoms with Crippen molar-refractivity contribution in [3.63, 3.8) is 0 Å². The minimum Gasteiger partial charge on any atom is -0.317 e. The van der Waals surface area contributed by atoms with Crippen LogP contribution in [0, 0.1) is 6.92 Å². The van der Waals surface area contributed by atoms with Crippen LogP contribution in [0.5, 0.6) is 0 Å². The van der Waals surface area contributed by atoms with E-state index in [1.807, 2.05) is 0 Å². The topological polar surface area (TPSA) is 87.7 Å². The van der Waals surface area contributed by atoms with Crippen molar-refractivity contribution in [3.05, 3.63) is 28.4 Å². The molecular formula is C12H15N4O2P. The molecule has 1 aliphatic heterocycles. The van der Waals surface area contributed by atoms with E-state index in [0.29, 0.717) is 34.5 Å². The van der Waals surface area contributed by atoms with E-state index >= 15 is 0 Å². The van der Waals surface area contributed by atoms with Gasteiger partial charge in [-0.05, 0) is 13.0 Å². The lowest BCUT2D eigenvalue weighted by atomic mass is 10.3. The highest BCUT2D eigenvalue weighted by Crippen LogP contribution is 2.44. The van der Waals surface area contributed by atoms with Gasteiger partial charge in [0.1, 0.15) is 18.4 Å². The number of pyridine rings is 1. The van der Waals surface area contributed by atoms with Gasteiger partial charge in [-0.15, -0.1) is 0 Å². The second kappa shape index (κ2) is 4.54. The molecule has 2 aromatic heterocycles. The Morgan fingerprint density at radius 2 is 2.05 bits per heavy atom. The number of aromatic nitrogens is 3. The zero-order valence-electron chi connectivity index (χ0n) is 10.6. The molecular weight excluding hydrogens is 263 g/mol. The normalized spacial score (nSPS) is 18.6. The zero-order valence-corrected chi connectivity index (χ0v) is 11.5. The van der Waals surface area contributed by atoms with Crippen molar-refractivity contribution in [3.8, 4) is 0 Å². The van der Waals surface area contributed by atoms with Gasteiger partial charge in [-0.3, -0.25) is 9.78 Å². The number of aryl methyl sites for hydroxylation is 1. The molecule has 3 rings (SSSR count). The van der Waals surface area contributed by atoms with Gasteiger partial charge >= 0.3 is 0 Å². The number of aromatic amines is 1. The molecule has 0 spiro atoms. The highest BCUT2D eigenvalue weighted by molar-refractivity contribution is 7.71. The van der Waals surface area contributed by atoms with Crippen molar-refractivity contribution >= 4 is 23.5 Å². The van der Waals surface area contributed by atoms with Crippen LogP contribution in [0.3, 0.4) is 0 Å². The third kappa shape index (κ3) is 2.22. The van der Waals surface area contributed by atoms with E-state index in [4.69, 9.17) is 0 Å². The Hall–Kier alpha value is -1.52. The maximum absolute atomic E-state index is 12.8. The third-order valence-corrected chi connectivity index (χ3v) is 6.38. The quantitative estimate of drug-likeness (QED) is 0.728. The number of hydrogen-bond donors (Lipinski definition) is 2. The highest BCUT2D eigenvalue weighted by Gasteiger charge is 2.28. The minimum atomic E-state index is -2.46. The van der Waals surface area contributed by atoms with Crippen molar-refractivity contribution < 1.29 is 4.57 Å². The van der Waals surface area contributed by atoms with Crippen molar-refractivity contribution in [1.29, 1.82) is 0 Å². The van der Waals surface area contributed by atoms with Gasteiger partial charge in [0.25, 0.3) is 5.56 Å². The van der Waals surface area contributed by atoms with E-state index in [2.05, 4.69) is 20.3 Å². The van der Waals surface area contributed by atoms with Crippen molar-refractivity contribution in [1.82, 2.24) is 20.3 Å². The van der Waals surface area contributed by atoms with Gasteiger partial charge in [-0.2, -0.15) is 0 Å². The fourth-order valence-corrected chi connectivity index (χ4v) is 4.71. The van der Waals surface area contributed by atoms with Crippen molar-refractivity contribution in [2.24, 2.45) is 0 Å². The molecule has 7 heteroatoms. The lowest BCUT2D eigenvalue weighted by molar-refractivity contribution is 0.568. The third-order valence-electron chi connectivity index (χ3n) is 3.41. The number of rotatable bonds is 1. The monoisotopic (exact) mass is 278 g/mol. The average molecular weight is 278 g/mol. The first-order valence-electron chi connectivity index (χ1n) is 6.24. The predicted molar refractivity (Wildman–Crippen MR) is 74.7 cm³/mol. The first-order valence-corrected chi connectivity index (χ1v) is 8.32. The molecule has 2 N–H and O–H groups in total. The number of H-pyrrole nitrogens is 1. The smallest absolute Gasteiger partial charge is 0.258 e. The van der Waals surface area contributed by atoms with Crippen LogP contribution in [0.4, 0.5) is 0 Å². The molecule has 1 aliphatic rings. The summed E-state index contributed by atoms with van der Waals surface area (Å²) in [6.07, 6.45) is 2.75. The summed E-state index contributed by atoms with van der Waals surface area (Å²) in [6, 6.07) is 1.65. The van der Waals surface area contributed by atoms with Crippen LogP contribution in [0.15, 0.2) is 17.1 Å². The Bertz CT molecular complexity index is 730. The van der Waals surface area contributed by atoms with E-state index < -0.39 is 7.14 Å². The molecule has 3 heterocycles. The van der Waals surface area contributed by atoms with Gasteiger partial charge in [-0.25, -0.2) is 4.98 Å². The van der Waals surface area contributed by atoms with Crippen LogP contribution in [0.2, 0.25) is 0 Å². The van der Waals surface area contributed by atoms with Gasteiger partial charge < -0.3 is 14.9 Å². The molecule has 0 aromatic carbocycles. The predicted octanol–water partition coefficient (Wildman–Crippen LogP) is 0.218. The van der Waals surface area contributed by atoms with Crippen LogP contribution in [-0.4, -0.2) is 40.4 Å². The van der Waals surface area contributed by atoms with Gasteiger partial charge in [0.2, 0.25) is 0 Å². The fourth-order valence-electron chi connectivity index (χ4n) is 2.36. The lowest BCUT2D eigenvalue weighted by Crippen LogP contribution is -2.33. The molecule has 6 nitrogen and oxygen atoms in total. The molecule has 0 radical (unpaired) electrons. The maximum atomic E-state index is 12.8. The van der Waals surface area contributed by atoms with Gasteiger partial charge in [0.15, 0.2) is 0 Å². The number of nitrogens with zero attached hydrogens (tertiary/aromatic N) is 2. The second-order valence-electron chi connectivity index (χ2n) is 4.80. The summed E-state index contributed by atoms with van der Waals surface area (Å²) < 4.78 is 12.8. The maximum Gasteiger partial charge on any atom is 0.258 e. The van der Waals surface area contributed by atoms with E-state index in [0.717, 1.165) is 13.1 Å². The molecule has 0 atom stereocenters. The zero-order chi connectivity index (χ0) is 13.5.